The quantitative estimate of drug-likeness (QED) is 0.527. The molecule has 1 fully saturated rings. The summed E-state index contributed by atoms with van der Waals surface area (Å²) in [6.45, 7) is 7.57. The fourth-order valence-electron chi connectivity index (χ4n) is 4.13. The minimum Gasteiger partial charge on any atom is -0.450 e. The van der Waals surface area contributed by atoms with Gasteiger partial charge in [-0.1, -0.05) is 41.6 Å². The van der Waals surface area contributed by atoms with Gasteiger partial charge in [0.1, 0.15) is 11.3 Å². The molecule has 0 N–H and O–H groups in total. The predicted molar refractivity (Wildman–Crippen MR) is 111 cm³/mol. The highest BCUT2D eigenvalue weighted by Gasteiger charge is 2.27. The van der Waals surface area contributed by atoms with E-state index in [4.69, 9.17) is 8.94 Å². The molecule has 148 valence electrons. The normalized spacial score (nSPS) is 15.4. The van der Waals surface area contributed by atoms with Gasteiger partial charge in [0.15, 0.2) is 5.76 Å². The highest BCUT2D eigenvalue weighted by atomic mass is 16.5. The summed E-state index contributed by atoms with van der Waals surface area (Å²) >= 11 is 0. The number of carbonyl (C=O) groups is 1. The van der Waals surface area contributed by atoms with E-state index in [0.29, 0.717) is 18.8 Å². The minimum absolute atomic E-state index is 0.0280. The number of amides is 1. The van der Waals surface area contributed by atoms with Crippen molar-refractivity contribution in [2.75, 3.05) is 26.2 Å². The van der Waals surface area contributed by atoms with Crippen molar-refractivity contribution in [2.45, 2.75) is 20.4 Å². The minimum atomic E-state index is -0.0280. The van der Waals surface area contributed by atoms with E-state index in [-0.39, 0.29) is 5.91 Å². The highest BCUT2D eigenvalue weighted by molar-refractivity contribution is 6.08. The summed E-state index contributed by atoms with van der Waals surface area (Å²) in [5.41, 5.74) is 2.64. The molecule has 0 atom stereocenters. The summed E-state index contributed by atoms with van der Waals surface area (Å²) in [4.78, 5) is 17.4. The first-order chi connectivity index (χ1) is 14.1. The third-order valence-corrected chi connectivity index (χ3v) is 5.74. The molecule has 5 rings (SSSR count). The molecule has 1 aliphatic heterocycles. The molecule has 0 spiro atoms. The molecule has 2 aromatic heterocycles. The summed E-state index contributed by atoms with van der Waals surface area (Å²) in [7, 11) is 0. The summed E-state index contributed by atoms with van der Waals surface area (Å²) in [5.74, 6) is 1.25. The van der Waals surface area contributed by atoms with Gasteiger partial charge < -0.3 is 13.8 Å². The monoisotopic (exact) mass is 389 g/mol. The van der Waals surface area contributed by atoms with Crippen molar-refractivity contribution < 1.29 is 13.7 Å². The maximum Gasteiger partial charge on any atom is 0.289 e. The first kappa shape index (κ1) is 17.9. The van der Waals surface area contributed by atoms with E-state index in [2.05, 4.69) is 22.2 Å². The van der Waals surface area contributed by atoms with Gasteiger partial charge in [-0.25, -0.2) is 0 Å². The van der Waals surface area contributed by atoms with Crippen LogP contribution in [0.15, 0.2) is 51.4 Å². The van der Waals surface area contributed by atoms with Crippen LogP contribution in [0, 0.1) is 13.8 Å². The molecular formula is C23H23N3O3. The molecule has 0 unspecified atom stereocenters. The summed E-state index contributed by atoms with van der Waals surface area (Å²) < 4.78 is 11.3. The Hall–Kier alpha value is -3.12. The average Bonchev–Trinajstić information content (AvgIpc) is 3.31. The van der Waals surface area contributed by atoms with Crippen LogP contribution in [0.2, 0.25) is 0 Å². The lowest BCUT2D eigenvalue weighted by Crippen LogP contribution is -2.48. The van der Waals surface area contributed by atoms with Crippen LogP contribution in [0.1, 0.15) is 27.6 Å². The number of rotatable bonds is 3. The second kappa shape index (κ2) is 7.04. The smallest absolute Gasteiger partial charge is 0.289 e. The molecule has 1 aliphatic rings. The molecular weight excluding hydrogens is 366 g/mol. The van der Waals surface area contributed by atoms with Gasteiger partial charge in [-0.3, -0.25) is 9.69 Å². The van der Waals surface area contributed by atoms with Crippen molar-refractivity contribution in [3.63, 3.8) is 0 Å². The van der Waals surface area contributed by atoms with Gasteiger partial charge in [0.25, 0.3) is 5.91 Å². The zero-order valence-electron chi connectivity index (χ0n) is 16.6. The largest absolute Gasteiger partial charge is 0.450 e. The molecule has 0 radical (unpaired) electrons. The molecule has 6 nitrogen and oxygen atoms in total. The molecule has 29 heavy (non-hydrogen) atoms. The van der Waals surface area contributed by atoms with Gasteiger partial charge in [0.2, 0.25) is 0 Å². The van der Waals surface area contributed by atoms with E-state index in [0.717, 1.165) is 58.4 Å². The van der Waals surface area contributed by atoms with E-state index in [1.807, 2.05) is 49.1 Å². The number of aryl methyl sites for hydroxylation is 2. The SMILES string of the molecule is Cc1cc(CN2CCN(C(=O)c3oc4c(ccc5ccccc54)c3C)CC2)no1. The molecule has 0 aliphatic carbocycles. The Kier molecular flexibility index (Phi) is 4.36. The van der Waals surface area contributed by atoms with Crippen LogP contribution in [0.4, 0.5) is 0 Å². The third-order valence-electron chi connectivity index (χ3n) is 5.74. The number of aromatic nitrogens is 1. The van der Waals surface area contributed by atoms with Gasteiger partial charge in [-0.2, -0.15) is 0 Å². The third kappa shape index (κ3) is 3.19. The Morgan fingerprint density at radius 2 is 1.83 bits per heavy atom. The highest BCUT2D eigenvalue weighted by Crippen LogP contribution is 2.32. The van der Waals surface area contributed by atoms with Crippen molar-refractivity contribution >= 4 is 27.6 Å². The van der Waals surface area contributed by atoms with Crippen LogP contribution in [0.3, 0.4) is 0 Å². The summed E-state index contributed by atoms with van der Waals surface area (Å²) in [6.07, 6.45) is 0. The van der Waals surface area contributed by atoms with Gasteiger partial charge in [-0.05, 0) is 19.2 Å². The second-order valence-corrected chi connectivity index (χ2v) is 7.72. The van der Waals surface area contributed by atoms with Crippen LogP contribution < -0.4 is 0 Å². The molecule has 4 aromatic rings. The van der Waals surface area contributed by atoms with Gasteiger partial charge in [0.05, 0.1) is 5.69 Å². The van der Waals surface area contributed by atoms with Crippen LogP contribution in [0.5, 0.6) is 0 Å². The molecule has 6 heteroatoms. The topological polar surface area (TPSA) is 62.7 Å². The van der Waals surface area contributed by atoms with E-state index in [9.17, 15) is 4.79 Å². The first-order valence-electron chi connectivity index (χ1n) is 9.95. The number of furan rings is 1. The summed E-state index contributed by atoms with van der Waals surface area (Å²) in [5, 5.41) is 7.22. The van der Waals surface area contributed by atoms with Crippen LogP contribution in [-0.2, 0) is 6.54 Å². The number of benzene rings is 2. The Balaban J connectivity index is 1.35. The lowest BCUT2D eigenvalue weighted by Gasteiger charge is -2.33. The lowest BCUT2D eigenvalue weighted by molar-refractivity contribution is 0.0596. The first-order valence-corrected chi connectivity index (χ1v) is 9.95. The number of hydrogen-bond acceptors (Lipinski definition) is 5. The van der Waals surface area contributed by atoms with E-state index < -0.39 is 0 Å². The maximum atomic E-state index is 13.2. The van der Waals surface area contributed by atoms with Crippen LogP contribution in [0.25, 0.3) is 21.7 Å². The fraction of sp³-hybridized carbons (Fsp3) is 0.304. The maximum absolute atomic E-state index is 13.2. The number of nitrogens with zero attached hydrogens (tertiary/aromatic N) is 3. The van der Waals surface area contributed by atoms with Crippen molar-refractivity contribution in [3.05, 3.63) is 65.2 Å². The van der Waals surface area contributed by atoms with Gasteiger partial charge >= 0.3 is 0 Å². The van der Waals surface area contributed by atoms with E-state index in [1.54, 1.807) is 0 Å². The zero-order chi connectivity index (χ0) is 20.0. The van der Waals surface area contributed by atoms with Crippen molar-refractivity contribution in [1.82, 2.24) is 15.0 Å². The second-order valence-electron chi connectivity index (χ2n) is 7.72. The van der Waals surface area contributed by atoms with Crippen molar-refractivity contribution in [1.29, 1.82) is 0 Å². The Bertz CT molecular complexity index is 1200. The molecule has 1 amide bonds. The van der Waals surface area contributed by atoms with Gasteiger partial charge in [0, 0.05) is 55.1 Å². The fourth-order valence-corrected chi connectivity index (χ4v) is 4.13. The number of piperazine rings is 1. The number of fused-ring (bicyclic) bond motifs is 3. The molecule has 2 aromatic carbocycles. The van der Waals surface area contributed by atoms with E-state index in [1.165, 1.54) is 0 Å². The average molecular weight is 389 g/mol. The Labute approximate surface area is 168 Å². The van der Waals surface area contributed by atoms with Crippen LogP contribution in [-0.4, -0.2) is 47.0 Å². The van der Waals surface area contributed by atoms with Crippen molar-refractivity contribution in [3.8, 4) is 0 Å². The predicted octanol–water partition coefficient (Wildman–Crippen LogP) is 4.15. The Morgan fingerprint density at radius 1 is 1.03 bits per heavy atom. The Morgan fingerprint density at radius 3 is 2.59 bits per heavy atom. The van der Waals surface area contributed by atoms with E-state index >= 15 is 0 Å². The lowest BCUT2D eigenvalue weighted by atomic mass is 10.1. The van der Waals surface area contributed by atoms with Crippen LogP contribution >= 0.6 is 0 Å². The summed E-state index contributed by atoms with van der Waals surface area (Å²) in [6, 6.07) is 14.2. The van der Waals surface area contributed by atoms with Gasteiger partial charge in [-0.15, -0.1) is 0 Å². The number of hydrogen-bond donors (Lipinski definition) is 0. The molecule has 0 bridgehead atoms. The molecule has 3 heterocycles. The molecule has 0 saturated carbocycles. The number of carbonyl (C=O) groups excluding carboxylic acids is 1. The van der Waals surface area contributed by atoms with Crippen molar-refractivity contribution in [2.24, 2.45) is 0 Å². The zero-order valence-corrected chi connectivity index (χ0v) is 16.6. The standard InChI is InChI=1S/C23H23N3O3/c1-15-13-18(24-29-15)14-25-9-11-26(12-10-25)23(27)21-16(2)19-8-7-17-5-3-4-6-20(17)22(19)28-21/h3-8,13H,9-12,14H2,1-2H3. The molecule has 1 saturated heterocycles.